The Morgan fingerprint density at radius 1 is 1.18 bits per heavy atom. The van der Waals surface area contributed by atoms with Gasteiger partial charge in [-0.3, -0.25) is 14.9 Å². The highest BCUT2D eigenvalue weighted by Gasteiger charge is 2.28. The van der Waals surface area contributed by atoms with Gasteiger partial charge < -0.3 is 18.9 Å². The summed E-state index contributed by atoms with van der Waals surface area (Å²) in [4.78, 5) is 49.4. The molecule has 1 aromatic heterocycles. The number of carbonyl (C=O) groups excluding carboxylic acids is 3. The van der Waals surface area contributed by atoms with E-state index >= 15 is 0 Å². The number of Topliss-reactive ketones (excluding diaryl/α,β-unsaturated/α-hetero) is 1. The number of nitro benzene ring substituents is 1. The van der Waals surface area contributed by atoms with Crippen molar-refractivity contribution in [1.82, 2.24) is 0 Å². The Balaban J connectivity index is 2.60. The summed E-state index contributed by atoms with van der Waals surface area (Å²) >= 11 is 0.900. The zero-order valence-corrected chi connectivity index (χ0v) is 22.1. The maximum atomic E-state index is 13.2. The van der Waals surface area contributed by atoms with Crippen LogP contribution in [0.25, 0.3) is 6.08 Å². The third-order valence-electron chi connectivity index (χ3n) is 5.05. The molecule has 11 nitrogen and oxygen atoms in total. The summed E-state index contributed by atoms with van der Waals surface area (Å²) in [6.45, 7) is 8.57. The molecule has 0 unspecified atom stereocenters. The number of nitro groups is 1. The molecule has 0 saturated heterocycles. The van der Waals surface area contributed by atoms with Crippen LogP contribution >= 0.6 is 11.3 Å². The number of non-ortho nitro benzene ring substituents is 1. The molecule has 0 bridgehead atoms. The predicted octanol–water partition coefficient (Wildman–Crippen LogP) is 4.61. The number of thiophene rings is 1. The van der Waals surface area contributed by atoms with Crippen molar-refractivity contribution in [3.8, 4) is 17.6 Å². The second kappa shape index (κ2) is 13.7. The highest BCUT2D eigenvalue weighted by atomic mass is 32.1. The van der Waals surface area contributed by atoms with E-state index < -0.39 is 29.1 Å². The second-order valence-electron chi connectivity index (χ2n) is 7.49. The van der Waals surface area contributed by atoms with Gasteiger partial charge in [0.1, 0.15) is 17.6 Å². The number of hydrogen-bond acceptors (Lipinski definition) is 11. The number of benzene rings is 1. The van der Waals surface area contributed by atoms with Crippen LogP contribution in [0.2, 0.25) is 0 Å². The molecular weight excluding hydrogens is 516 g/mol. The summed E-state index contributed by atoms with van der Waals surface area (Å²) in [7, 11) is 1.29. The summed E-state index contributed by atoms with van der Waals surface area (Å²) < 4.78 is 21.0. The Kier molecular flexibility index (Phi) is 10.7. The summed E-state index contributed by atoms with van der Waals surface area (Å²) in [5.74, 6) is -1.97. The van der Waals surface area contributed by atoms with Gasteiger partial charge in [-0.25, -0.2) is 9.59 Å². The van der Waals surface area contributed by atoms with Gasteiger partial charge in [-0.15, -0.1) is 11.3 Å². The third-order valence-corrected chi connectivity index (χ3v) is 6.32. The lowest BCUT2D eigenvalue weighted by Crippen LogP contribution is -2.12. The Hall–Kier alpha value is -4.50. The van der Waals surface area contributed by atoms with Gasteiger partial charge in [-0.05, 0) is 32.4 Å². The van der Waals surface area contributed by atoms with E-state index in [0.29, 0.717) is 5.56 Å². The van der Waals surface area contributed by atoms with Crippen LogP contribution in [0, 0.1) is 28.4 Å². The first-order chi connectivity index (χ1) is 18.1. The average Bonchev–Trinajstić information content (AvgIpc) is 3.21. The monoisotopic (exact) mass is 542 g/mol. The number of esters is 2. The molecule has 12 heteroatoms. The molecule has 38 heavy (non-hydrogen) atoms. The standard InChI is InChI=1S/C26H26N2O9S/c1-6-9-37-23-16(11-18(28(32)33)12-20(23)34-5)10-17(14-27)19(29)13-21-22(25(30)35-7-2)15(4)24(38-21)26(31)36-8-3/h6,10-12H,1,7-9,13H2,2-5H3/b17-10-. The van der Waals surface area contributed by atoms with Crippen molar-refractivity contribution in [2.75, 3.05) is 26.9 Å². The lowest BCUT2D eigenvalue weighted by Gasteiger charge is -2.12. The predicted molar refractivity (Wildman–Crippen MR) is 139 cm³/mol. The normalized spacial score (nSPS) is 10.8. The molecule has 0 atom stereocenters. The number of carbonyl (C=O) groups is 3. The number of nitriles is 1. The topological polar surface area (TPSA) is 155 Å². The minimum Gasteiger partial charge on any atom is -0.493 e. The number of rotatable bonds is 13. The molecule has 0 spiro atoms. The lowest BCUT2D eigenvalue weighted by atomic mass is 10.0. The average molecular weight is 543 g/mol. The van der Waals surface area contributed by atoms with Gasteiger partial charge in [0.15, 0.2) is 17.3 Å². The molecule has 0 N–H and O–H groups in total. The zero-order valence-electron chi connectivity index (χ0n) is 21.3. The van der Waals surface area contributed by atoms with Crippen molar-refractivity contribution in [2.45, 2.75) is 27.2 Å². The number of nitrogens with zero attached hydrogens (tertiary/aromatic N) is 2. The van der Waals surface area contributed by atoms with Crippen LogP contribution in [0.1, 0.15) is 49.9 Å². The molecule has 0 aliphatic heterocycles. The minimum atomic E-state index is -0.717. The van der Waals surface area contributed by atoms with E-state index in [1.165, 1.54) is 13.2 Å². The summed E-state index contributed by atoms with van der Waals surface area (Å²) in [6, 6.07) is 4.10. The van der Waals surface area contributed by atoms with Crippen molar-refractivity contribution in [3.05, 3.63) is 66.9 Å². The van der Waals surface area contributed by atoms with Crippen molar-refractivity contribution >= 4 is 40.8 Å². The number of methoxy groups -OCH3 is 1. The number of hydrogen-bond donors (Lipinski definition) is 0. The summed E-state index contributed by atoms with van der Waals surface area (Å²) in [6.07, 6.45) is 2.18. The smallest absolute Gasteiger partial charge is 0.348 e. The minimum absolute atomic E-state index is 0.0228. The Labute approximate surface area is 223 Å². The van der Waals surface area contributed by atoms with Crippen molar-refractivity contribution < 1.29 is 38.3 Å². The van der Waals surface area contributed by atoms with E-state index in [4.69, 9.17) is 18.9 Å². The van der Waals surface area contributed by atoms with E-state index in [9.17, 15) is 29.8 Å². The van der Waals surface area contributed by atoms with Gasteiger partial charge in [0.05, 0.1) is 42.4 Å². The molecule has 0 aliphatic carbocycles. The van der Waals surface area contributed by atoms with E-state index in [2.05, 4.69) is 6.58 Å². The summed E-state index contributed by atoms with van der Waals surface area (Å²) in [5.41, 5.74) is -0.294. The van der Waals surface area contributed by atoms with Gasteiger partial charge in [0.25, 0.3) is 5.69 Å². The van der Waals surface area contributed by atoms with Crippen LogP contribution < -0.4 is 9.47 Å². The highest BCUT2D eigenvalue weighted by molar-refractivity contribution is 7.14. The first kappa shape index (κ1) is 29.7. The molecule has 0 amide bonds. The number of ketones is 1. The third kappa shape index (κ3) is 6.83. The van der Waals surface area contributed by atoms with E-state index in [1.807, 2.05) is 0 Å². The second-order valence-corrected chi connectivity index (χ2v) is 8.59. The molecule has 0 saturated carbocycles. The molecule has 200 valence electrons. The van der Waals surface area contributed by atoms with Crippen LogP contribution in [0.3, 0.4) is 0 Å². The van der Waals surface area contributed by atoms with Crippen molar-refractivity contribution in [2.24, 2.45) is 0 Å². The van der Waals surface area contributed by atoms with Crippen molar-refractivity contribution in [1.29, 1.82) is 5.26 Å². The van der Waals surface area contributed by atoms with E-state index in [1.54, 1.807) is 26.8 Å². The molecule has 1 heterocycles. The molecule has 0 fully saturated rings. The molecule has 0 radical (unpaired) electrons. The van der Waals surface area contributed by atoms with Gasteiger partial charge in [0.2, 0.25) is 0 Å². The van der Waals surface area contributed by atoms with Crippen LogP contribution in [0.5, 0.6) is 11.5 Å². The largest absolute Gasteiger partial charge is 0.493 e. The molecule has 1 aromatic carbocycles. The number of ether oxygens (including phenoxy) is 4. The number of allylic oxidation sites excluding steroid dienone is 1. The zero-order chi connectivity index (χ0) is 28.4. The lowest BCUT2D eigenvalue weighted by molar-refractivity contribution is -0.385. The van der Waals surface area contributed by atoms with Crippen molar-refractivity contribution in [3.63, 3.8) is 0 Å². The Morgan fingerprint density at radius 3 is 2.39 bits per heavy atom. The molecular formula is C26H26N2O9S. The first-order valence-corrected chi connectivity index (χ1v) is 12.2. The fourth-order valence-electron chi connectivity index (χ4n) is 3.40. The maximum Gasteiger partial charge on any atom is 0.348 e. The van der Waals surface area contributed by atoms with Gasteiger partial charge in [0, 0.05) is 22.9 Å². The van der Waals surface area contributed by atoms with Gasteiger partial charge >= 0.3 is 11.9 Å². The van der Waals surface area contributed by atoms with Crippen LogP contribution in [-0.2, 0) is 20.7 Å². The van der Waals surface area contributed by atoms with Gasteiger partial charge in [-0.2, -0.15) is 5.26 Å². The van der Waals surface area contributed by atoms with Crippen LogP contribution in [0.4, 0.5) is 5.69 Å². The SMILES string of the molecule is C=CCOc1c(/C=C(/C#N)C(=O)Cc2sc(C(=O)OCC)c(C)c2C(=O)OCC)cc([N+](=O)[O-])cc1OC. The quantitative estimate of drug-likeness (QED) is 0.0874. The molecule has 0 aliphatic rings. The summed E-state index contributed by atoms with van der Waals surface area (Å²) in [5, 5.41) is 21.2. The van der Waals surface area contributed by atoms with E-state index in [-0.39, 0.29) is 63.5 Å². The fourth-order valence-corrected chi connectivity index (χ4v) is 4.59. The molecule has 2 aromatic rings. The maximum absolute atomic E-state index is 13.2. The highest BCUT2D eigenvalue weighted by Crippen LogP contribution is 2.37. The Morgan fingerprint density at radius 2 is 1.84 bits per heavy atom. The fraction of sp³-hybridized carbons (Fsp3) is 0.308. The Bertz CT molecular complexity index is 1340. The van der Waals surface area contributed by atoms with Crippen LogP contribution in [0.15, 0.2) is 30.4 Å². The van der Waals surface area contributed by atoms with Gasteiger partial charge in [-0.1, -0.05) is 12.7 Å². The first-order valence-electron chi connectivity index (χ1n) is 11.3. The van der Waals surface area contributed by atoms with Crippen LogP contribution in [-0.4, -0.2) is 49.6 Å². The van der Waals surface area contributed by atoms with E-state index in [0.717, 1.165) is 29.5 Å². The molecule has 2 rings (SSSR count).